The minimum Gasteiger partial charge on any atom is -0.390 e. The van der Waals surface area contributed by atoms with Crippen LogP contribution < -0.4 is 0 Å². The van der Waals surface area contributed by atoms with Gasteiger partial charge in [-0.25, -0.2) is 12.7 Å². The van der Waals surface area contributed by atoms with Crippen LogP contribution in [0.2, 0.25) is 0 Å². The Morgan fingerprint density at radius 2 is 2.00 bits per heavy atom. The van der Waals surface area contributed by atoms with Gasteiger partial charge < -0.3 is 14.7 Å². The van der Waals surface area contributed by atoms with Crippen molar-refractivity contribution in [2.45, 2.75) is 43.8 Å². The van der Waals surface area contributed by atoms with E-state index in [1.165, 1.54) is 4.31 Å². The highest BCUT2D eigenvalue weighted by Crippen LogP contribution is 2.35. The van der Waals surface area contributed by atoms with Gasteiger partial charge in [0.25, 0.3) is 0 Å². The Balaban J connectivity index is 1.75. The smallest absolute Gasteiger partial charge is 0.213 e. The number of hydrogen-bond acceptors (Lipinski definition) is 5. The highest BCUT2D eigenvalue weighted by Gasteiger charge is 2.43. The quantitative estimate of drug-likeness (QED) is 0.788. The normalized spacial score (nSPS) is 27.3. The highest BCUT2D eigenvalue weighted by molar-refractivity contribution is 7.89. The molecule has 0 bridgehead atoms. The minimum absolute atomic E-state index is 0.195. The third-order valence-electron chi connectivity index (χ3n) is 4.75. The fourth-order valence-electron chi connectivity index (χ4n) is 3.20. The van der Waals surface area contributed by atoms with Crippen LogP contribution >= 0.6 is 0 Å². The van der Waals surface area contributed by atoms with E-state index in [4.69, 9.17) is 4.74 Å². The van der Waals surface area contributed by atoms with Gasteiger partial charge in [0.2, 0.25) is 10.0 Å². The second-order valence-corrected chi connectivity index (χ2v) is 8.67. The van der Waals surface area contributed by atoms with E-state index in [0.29, 0.717) is 6.42 Å². The molecule has 0 aromatic heterocycles. The van der Waals surface area contributed by atoms with Crippen LogP contribution in [0.5, 0.6) is 0 Å². The van der Waals surface area contributed by atoms with E-state index in [-0.39, 0.29) is 17.5 Å². The largest absolute Gasteiger partial charge is 0.390 e. The van der Waals surface area contributed by atoms with E-state index in [1.54, 1.807) is 14.1 Å². The molecule has 0 aliphatic carbocycles. The predicted molar refractivity (Wildman–Crippen MR) is 81.7 cm³/mol. The SMILES string of the molecule is CN(C)S(=O)(=O)CCCN1CCC2(CC1)OCCCC2O. The van der Waals surface area contributed by atoms with Crippen LogP contribution in [0, 0.1) is 0 Å². The van der Waals surface area contributed by atoms with Gasteiger partial charge in [0.15, 0.2) is 0 Å². The summed E-state index contributed by atoms with van der Waals surface area (Å²) < 4.78 is 30.6. The summed E-state index contributed by atoms with van der Waals surface area (Å²) in [6.45, 7) is 3.29. The molecule has 21 heavy (non-hydrogen) atoms. The third-order valence-corrected chi connectivity index (χ3v) is 6.67. The molecular formula is C14H28N2O4S. The Bertz CT molecular complexity index is 430. The summed E-state index contributed by atoms with van der Waals surface area (Å²) in [5.41, 5.74) is -0.343. The Kier molecular flexibility index (Phi) is 5.65. The Morgan fingerprint density at radius 3 is 2.57 bits per heavy atom. The molecule has 1 atom stereocenters. The Labute approximate surface area is 128 Å². The lowest BCUT2D eigenvalue weighted by molar-refractivity contribution is -0.176. The maximum atomic E-state index is 11.7. The van der Waals surface area contributed by atoms with Gasteiger partial charge >= 0.3 is 0 Å². The van der Waals surface area contributed by atoms with E-state index in [9.17, 15) is 13.5 Å². The summed E-state index contributed by atoms with van der Waals surface area (Å²) in [5, 5.41) is 10.2. The summed E-state index contributed by atoms with van der Waals surface area (Å²) in [7, 11) is 0.0496. The average molecular weight is 320 g/mol. The lowest BCUT2D eigenvalue weighted by Crippen LogP contribution is -2.55. The van der Waals surface area contributed by atoms with E-state index < -0.39 is 10.0 Å². The van der Waals surface area contributed by atoms with Crippen molar-refractivity contribution >= 4 is 10.0 Å². The number of aliphatic hydroxyl groups excluding tert-OH is 1. The minimum atomic E-state index is -3.09. The molecule has 1 spiro atoms. The van der Waals surface area contributed by atoms with Gasteiger partial charge in [0.05, 0.1) is 17.5 Å². The molecule has 7 heteroatoms. The Morgan fingerprint density at radius 1 is 1.33 bits per heavy atom. The molecule has 0 saturated carbocycles. The summed E-state index contributed by atoms with van der Waals surface area (Å²) >= 11 is 0. The zero-order valence-corrected chi connectivity index (χ0v) is 13.9. The van der Waals surface area contributed by atoms with Crippen LogP contribution in [0.15, 0.2) is 0 Å². The summed E-state index contributed by atoms with van der Waals surface area (Å²) in [4.78, 5) is 2.28. The average Bonchev–Trinajstić information content (AvgIpc) is 2.44. The number of rotatable bonds is 5. The van der Waals surface area contributed by atoms with Gasteiger partial charge in [-0.05, 0) is 38.6 Å². The molecular weight excluding hydrogens is 292 g/mol. The van der Waals surface area contributed by atoms with Crippen molar-refractivity contribution in [3.8, 4) is 0 Å². The molecule has 0 radical (unpaired) electrons. The maximum absolute atomic E-state index is 11.7. The molecule has 6 nitrogen and oxygen atoms in total. The molecule has 2 aliphatic rings. The molecule has 124 valence electrons. The number of nitrogens with zero attached hydrogens (tertiary/aromatic N) is 2. The summed E-state index contributed by atoms with van der Waals surface area (Å²) in [5.74, 6) is 0.195. The first kappa shape index (κ1) is 17.1. The molecule has 0 aromatic carbocycles. The molecule has 0 amide bonds. The monoisotopic (exact) mass is 320 g/mol. The summed E-state index contributed by atoms with van der Waals surface area (Å²) in [6.07, 6.45) is 3.76. The van der Waals surface area contributed by atoms with E-state index in [0.717, 1.165) is 51.9 Å². The standard InChI is InChI=1S/C14H28N2O4S/c1-15(2)21(18,19)12-4-8-16-9-6-14(7-10-16)13(17)5-3-11-20-14/h13,17H,3-12H2,1-2H3. The fourth-order valence-corrected chi connectivity index (χ4v) is 4.06. The molecule has 0 aromatic rings. The summed E-state index contributed by atoms with van der Waals surface area (Å²) in [6, 6.07) is 0. The van der Waals surface area contributed by atoms with Gasteiger partial charge in [0.1, 0.15) is 0 Å². The predicted octanol–water partition coefficient (Wildman–Crippen LogP) is 0.274. The van der Waals surface area contributed by atoms with Crippen molar-refractivity contribution < 1.29 is 18.3 Å². The fraction of sp³-hybridized carbons (Fsp3) is 1.00. The van der Waals surface area contributed by atoms with Gasteiger partial charge in [0, 0.05) is 33.8 Å². The molecule has 2 fully saturated rings. The zero-order valence-electron chi connectivity index (χ0n) is 13.1. The maximum Gasteiger partial charge on any atom is 0.213 e. The van der Waals surface area contributed by atoms with Crippen molar-refractivity contribution in [3.63, 3.8) is 0 Å². The van der Waals surface area contributed by atoms with Crippen LogP contribution in [-0.4, -0.2) is 80.5 Å². The number of sulfonamides is 1. The van der Waals surface area contributed by atoms with Crippen LogP contribution in [0.1, 0.15) is 32.1 Å². The topological polar surface area (TPSA) is 70.1 Å². The first-order valence-corrected chi connectivity index (χ1v) is 9.41. The zero-order chi connectivity index (χ0) is 15.5. The van der Waals surface area contributed by atoms with Gasteiger partial charge in [-0.15, -0.1) is 0 Å². The number of hydrogen-bond donors (Lipinski definition) is 1. The molecule has 2 heterocycles. The number of ether oxygens (including phenoxy) is 1. The van der Waals surface area contributed by atoms with Crippen molar-refractivity contribution in [3.05, 3.63) is 0 Å². The van der Waals surface area contributed by atoms with Crippen molar-refractivity contribution in [2.24, 2.45) is 0 Å². The van der Waals surface area contributed by atoms with Gasteiger partial charge in [-0.2, -0.15) is 0 Å². The van der Waals surface area contributed by atoms with Crippen molar-refractivity contribution in [1.82, 2.24) is 9.21 Å². The van der Waals surface area contributed by atoms with Crippen LogP contribution in [0.25, 0.3) is 0 Å². The number of piperidine rings is 1. The van der Waals surface area contributed by atoms with Gasteiger partial charge in [-0.1, -0.05) is 0 Å². The molecule has 2 rings (SSSR count). The first-order valence-electron chi connectivity index (χ1n) is 7.80. The van der Waals surface area contributed by atoms with Crippen LogP contribution in [0.3, 0.4) is 0 Å². The lowest BCUT2D eigenvalue weighted by Gasteiger charge is -2.46. The Hall–Kier alpha value is -0.210. The molecule has 1 N–H and O–H groups in total. The van der Waals surface area contributed by atoms with Gasteiger partial charge in [-0.3, -0.25) is 0 Å². The van der Waals surface area contributed by atoms with E-state index in [1.807, 2.05) is 0 Å². The second-order valence-electron chi connectivity index (χ2n) is 6.36. The van der Waals surface area contributed by atoms with Crippen LogP contribution in [0.4, 0.5) is 0 Å². The number of likely N-dealkylation sites (tertiary alicyclic amines) is 1. The lowest BCUT2D eigenvalue weighted by atomic mass is 9.82. The third kappa shape index (κ3) is 4.16. The number of aliphatic hydroxyl groups is 1. The second kappa shape index (κ2) is 6.91. The molecule has 1 unspecified atom stereocenters. The van der Waals surface area contributed by atoms with E-state index >= 15 is 0 Å². The van der Waals surface area contributed by atoms with Crippen molar-refractivity contribution in [2.75, 3.05) is 46.1 Å². The molecule has 2 saturated heterocycles. The molecule has 2 aliphatic heterocycles. The first-order chi connectivity index (χ1) is 9.86. The van der Waals surface area contributed by atoms with Crippen molar-refractivity contribution in [1.29, 1.82) is 0 Å². The highest BCUT2D eigenvalue weighted by atomic mass is 32.2. The van der Waals surface area contributed by atoms with E-state index in [2.05, 4.69) is 4.90 Å². The van der Waals surface area contributed by atoms with Crippen LogP contribution in [-0.2, 0) is 14.8 Å².